The predicted molar refractivity (Wildman–Crippen MR) is 108 cm³/mol. The van der Waals surface area contributed by atoms with Crippen molar-refractivity contribution in [3.05, 3.63) is 42.0 Å². The van der Waals surface area contributed by atoms with Crippen LogP contribution >= 0.6 is 0 Å². The Balaban J connectivity index is 1.26. The van der Waals surface area contributed by atoms with Gasteiger partial charge in [-0.1, -0.05) is 17.7 Å². The van der Waals surface area contributed by atoms with E-state index in [1.54, 1.807) is 17.1 Å². The quantitative estimate of drug-likeness (QED) is 0.710. The van der Waals surface area contributed by atoms with Gasteiger partial charge in [0.05, 0.1) is 25.5 Å². The molecule has 156 valence electrons. The molecule has 0 saturated carbocycles. The molecule has 0 bridgehead atoms. The number of piperidine rings is 2. The second-order valence-electron chi connectivity index (χ2n) is 7.96. The molecule has 0 aromatic carbocycles. The first-order valence-corrected chi connectivity index (χ1v) is 10.7. The summed E-state index contributed by atoms with van der Waals surface area (Å²) >= 11 is 0. The van der Waals surface area contributed by atoms with Crippen LogP contribution < -0.4 is 0 Å². The number of ether oxygens (including phenoxy) is 1. The topological polar surface area (TPSA) is 76.4 Å². The average Bonchev–Trinajstić information content (AvgIpc) is 3.26. The van der Waals surface area contributed by atoms with E-state index in [0.717, 1.165) is 51.1 Å². The number of pyridine rings is 1. The van der Waals surface area contributed by atoms with E-state index in [9.17, 15) is 4.79 Å². The molecule has 0 radical (unpaired) electrons. The summed E-state index contributed by atoms with van der Waals surface area (Å²) in [5.41, 5.74) is 1.48. The fourth-order valence-corrected chi connectivity index (χ4v) is 4.05. The Morgan fingerprint density at radius 3 is 2.86 bits per heavy atom. The van der Waals surface area contributed by atoms with Crippen LogP contribution in [0.1, 0.15) is 48.2 Å². The van der Waals surface area contributed by atoms with Crippen molar-refractivity contribution in [3.8, 4) is 0 Å². The highest BCUT2D eigenvalue weighted by molar-refractivity contribution is 5.92. The van der Waals surface area contributed by atoms with E-state index in [-0.39, 0.29) is 12.0 Å². The van der Waals surface area contributed by atoms with Gasteiger partial charge in [-0.15, -0.1) is 5.10 Å². The highest BCUT2D eigenvalue weighted by atomic mass is 16.5. The standard InChI is InChI=1S/C21H30N6O2/c28-21(20-16-27(24-23-20)13-12-25-9-2-1-3-10-25)26-11-5-7-19(15-26)29-17-18-6-4-8-22-14-18/h4,6,8,14,16,19H,1-3,5,7,9-13,15,17H2/t19-/m0/s1. The molecule has 4 rings (SSSR count). The molecule has 0 spiro atoms. The smallest absolute Gasteiger partial charge is 0.276 e. The second kappa shape index (κ2) is 9.93. The average molecular weight is 399 g/mol. The van der Waals surface area contributed by atoms with Gasteiger partial charge >= 0.3 is 0 Å². The number of hydrogen-bond acceptors (Lipinski definition) is 6. The Labute approximate surface area is 171 Å². The van der Waals surface area contributed by atoms with Crippen LogP contribution in [0, 0.1) is 0 Å². The molecule has 1 atom stereocenters. The Morgan fingerprint density at radius 1 is 1.14 bits per heavy atom. The number of nitrogens with zero attached hydrogens (tertiary/aromatic N) is 6. The zero-order chi connectivity index (χ0) is 19.9. The molecule has 2 aliphatic rings. The lowest BCUT2D eigenvalue weighted by molar-refractivity contribution is -0.00697. The number of rotatable bonds is 7. The van der Waals surface area contributed by atoms with Gasteiger partial charge in [0.2, 0.25) is 0 Å². The van der Waals surface area contributed by atoms with Crippen molar-refractivity contribution in [1.82, 2.24) is 29.8 Å². The summed E-state index contributed by atoms with van der Waals surface area (Å²) in [6.45, 7) is 5.92. The highest BCUT2D eigenvalue weighted by Crippen LogP contribution is 2.17. The summed E-state index contributed by atoms with van der Waals surface area (Å²) in [6, 6.07) is 3.91. The van der Waals surface area contributed by atoms with Gasteiger partial charge in [-0.25, -0.2) is 0 Å². The maximum atomic E-state index is 12.9. The number of amides is 1. The molecular weight excluding hydrogens is 368 g/mol. The van der Waals surface area contributed by atoms with E-state index in [0.29, 0.717) is 18.8 Å². The SMILES string of the molecule is O=C(c1cn(CCN2CCCCC2)nn1)N1CCC[C@H](OCc2cccnc2)C1. The first-order chi connectivity index (χ1) is 14.3. The Kier molecular flexibility index (Phi) is 6.84. The third-order valence-electron chi connectivity index (χ3n) is 5.73. The largest absolute Gasteiger partial charge is 0.372 e. The van der Waals surface area contributed by atoms with Crippen molar-refractivity contribution in [2.45, 2.75) is 51.4 Å². The molecular formula is C21H30N6O2. The molecule has 0 unspecified atom stereocenters. The van der Waals surface area contributed by atoms with E-state index in [2.05, 4.69) is 20.2 Å². The van der Waals surface area contributed by atoms with E-state index < -0.39 is 0 Å². The molecule has 2 aromatic heterocycles. The van der Waals surface area contributed by atoms with Gasteiger partial charge in [0.1, 0.15) is 0 Å². The van der Waals surface area contributed by atoms with Gasteiger partial charge in [0.25, 0.3) is 5.91 Å². The molecule has 8 nitrogen and oxygen atoms in total. The molecule has 0 N–H and O–H groups in total. The maximum absolute atomic E-state index is 12.9. The van der Waals surface area contributed by atoms with Gasteiger partial charge in [-0.05, 0) is 50.4 Å². The Bertz CT molecular complexity index is 774. The van der Waals surface area contributed by atoms with E-state index >= 15 is 0 Å². The zero-order valence-electron chi connectivity index (χ0n) is 16.9. The minimum absolute atomic E-state index is 0.0436. The third-order valence-corrected chi connectivity index (χ3v) is 5.73. The van der Waals surface area contributed by atoms with E-state index in [1.165, 1.54) is 19.3 Å². The fourth-order valence-electron chi connectivity index (χ4n) is 4.05. The van der Waals surface area contributed by atoms with Crippen LogP contribution in [0.5, 0.6) is 0 Å². The van der Waals surface area contributed by atoms with Crippen molar-refractivity contribution < 1.29 is 9.53 Å². The van der Waals surface area contributed by atoms with Gasteiger partial charge in [-0.3, -0.25) is 14.5 Å². The van der Waals surface area contributed by atoms with Crippen molar-refractivity contribution in [2.75, 3.05) is 32.7 Å². The molecule has 2 aromatic rings. The van der Waals surface area contributed by atoms with Gasteiger partial charge in [-0.2, -0.15) is 0 Å². The van der Waals surface area contributed by atoms with Gasteiger partial charge < -0.3 is 14.5 Å². The zero-order valence-corrected chi connectivity index (χ0v) is 16.9. The minimum Gasteiger partial charge on any atom is -0.372 e. The molecule has 2 fully saturated rings. The van der Waals surface area contributed by atoms with Gasteiger partial charge in [0, 0.05) is 32.0 Å². The monoisotopic (exact) mass is 398 g/mol. The minimum atomic E-state index is -0.0519. The lowest BCUT2D eigenvalue weighted by Crippen LogP contribution is -2.43. The lowest BCUT2D eigenvalue weighted by Gasteiger charge is -2.32. The van der Waals surface area contributed by atoms with Crippen LogP contribution in [0.25, 0.3) is 0 Å². The van der Waals surface area contributed by atoms with Crippen LogP contribution in [-0.4, -0.2) is 74.5 Å². The summed E-state index contributed by atoms with van der Waals surface area (Å²) in [5.74, 6) is -0.0519. The van der Waals surface area contributed by atoms with Crippen LogP contribution in [0.4, 0.5) is 0 Å². The number of aromatic nitrogens is 4. The summed E-state index contributed by atoms with van der Waals surface area (Å²) in [7, 11) is 0. The first-order valence-electron chi connectivity index (χ1n) is 10.7. The second-order valence-corrected chi connectivity index (χ2v) is 7.96. The van der Waals surface area contributed by atoms with Crippen molar-refractivity contribution >= 4 is 5.91 Å². The number of hydrogen-bond donors (Lipinski definition) is 0. The summed E-state index contributed by atoms with van der Waals surface area (Å²) < 4.78 is 7.81. The number of carbonyl (C=O) groups is 1. The number of carbonyl (C=O) groups excluding carboxylic acids is 1. The van der Waals surface area contributed by atoms with Crippen LogP contribution in [0.15, 0.2) is 30.7 Å². The molecule has 2 aliphatic heterocycles. The lowest BCUT2D eigenvalue weighted by atomic mass is 10.1. The number of likely N-dealkylation sites (tertiary alicyclic amines) is 2. The Morgan fingerprint density at radius 2 is 2.03 bits per heavy atom. The van der Waals surface area contributed by atoms with Crippen molar-refractivity contribution in [3.63, 3.8) is 0 Å². The predicted octanol–water partition coefficient (Wildman–Crippen LogP) is 1.98. The first kappa shape index (κ1) is 20.0. The maximum Gasteiger partial charge on any atom is 0.276 e. The van der Waals surface area contributed by atoms with Crippen LogP contribution in [0.3, 0.4) is 0 Å². The molecule has 29 heavy (non-hydrogen) atoms. The highest BCUT2D eigenvalue weighted by Gasteiger charge is 2.26. The van der Waals surface area contributed by atoms with Crippen molar-refractivity contribution in [1.29, 1.82) is 0 Å². The van der Waals surface area contributed by atoms with Crippen LogP contribution in [0.2, 0.25) is 0 Å². The molecule has 1 amide bonds. The summed E-state index contributed by atoms with van der Waals surface area (Å²) in [4.78, 5) is 21.3. The van der Waals surface area contributed by atoms with Gasteiger partial charge in [0.15, 0.2) is 5.69 Å². The van der Waals surface area contributed by atoms with E-state index in [1.807, 2.05) is 23.2 Å². The molecule has 4 heterocycles. The molecule has 0 aliphatic carbocycles. The normalized spacial score (nSPS) is 20.7. The Hall–Kier alpha value is -2.32. The molecule has 2 saturated heterocycles. The van der Waals surface area contributed by atoms with Crippen LogP contribution in [-0.2, 0) is 17.9 Å². The van der Waals surface area contributed by atoms with E-state index in [4.69, 9.17) is 4.74 Å². The summed E-state index contributed by atoms with van der Waals surface area (Å²) in [6.07, 6.45) is 11.2. The summed E-state index contributed by atoms with van der Waals surface area (Å²) in [5, 5.41) is 8.29. The third kappa shape index (κ3) is 5.61. The fraction of sp³-hybridized carbons (Fsp3) is 0.619. The molecule has 8 heteroatoms. The van der Waals surface area contributed by atoms with Crippen molar-refractivity contribution in [2.24, 2.45) is 0 Å².